The SMILES string of the molecule is CCN1CCN(C(=O)c2ccnc(N(C)Cc3ccccc3)n2)CC1. The number of nitrogens with zero attached hydrogens (tertiary/aromatic N) is 5. The fourth-order valence-electron chi connectivity index (χ4n) is 3.01. The van der Waals surface area contributed by atoms with E-state index < -0.39 is 0 Å². The lowest BCUT2D eigenvalue weighted by molar-refractivity contribution is 0.0637. The molecule has 2 heterocycles. The molecule has 0 aliphatic carbocycles. The number of anilines is 1. The third-order valence-electron chi connectivity index (χ3n) is 4.57. The summed E-state index contributed by atoms with van der Waals surface area (Å²) in [6.45, 7) is 7.24. The van der Waals surface area contributed by atoms with Gasteiger partial charge in [0.25, 0.3) is 5.91 Å². The fraction of sp³-hybridized carbons (Fsp3) is 0.421. The molecule has 1 aliphatic rings. The quantitative estimate of drug-likeness (QED) is 0.833. The fourth-order valence-corrected chi connectivity index (χ4v) is 3.01. The number of rotatable bonds is 5. The van der Waals surface area contributed by atoms with Gasteiger partial charge in [-0.25, -0.2) is 9.97 Å². The van der Waals surface area contributed by atoms with Crippen LogP contribution in [-0.4, -0.2) is 65.4 Å². The molecule has 2 aromatic rings. The second kappa shape index (κ2) is 8.07. The molecule has 1 aromatic heterocycles. The van der Waals surface area contributed by atoms with Gasteiger partial charge in [0.05, 0.1) is 0 Å². The molecule has 1 aliphatic heterocycles. The number of benzene rings is 1. The molecule has 0 bridgehead atoms. The van der Waals surface area contributed by atoms with Crippen LogP contribution in [0.15, 0.2) is 42.6 Å². The topological polar surface area (TPSA) is 52.6 Å². The van der Waals surface area contributed by atoms with E-state index in [9.17, 15) is 4.79 Å². The van der Waals surface area contributed by atoms with Crippen LogP contribution in [0.3, 0.4) is 0 Å². The highest BCUT2D eigenvalue weighted by Crippen LogP contribution is 2.12. The van der Waals surface area contributed by atoms with Gasteiger partial charge in [-0.3, -0.25) is 4.79 Å². The summed E-state index contributed by atoms with van der Waals surface area (Å²) in [5.74, 6) is 0.564. The molecule has 0 saturated carbocycles. The Morgan fingerprint density at radius 2 is 1.84 bits per heavy atom. The highest BCUT2D eigenvalue weighted by Gasteiger charge is 2.22. The van der Waals surface area contributed by atoms with E-state index in [0.717, 1.165) is 32.7 Å². The van der Waals surface area contributed by atoms with Crippen molar-refractivity contribution >= 4 is 11.9 Å². The molecule has 1 amide bonds. The maximum atomic E-state index is 12.7. The Hall–Kier alpha value is -2.47. The molecule has 0 N–H and O–H groups in total. The summed E-state index contributed by atoms with van der Waals surface area (Å²) in [6.07, 6.45) is 1.67. The standard InChI is InChI=1S/C19H25N5O/c1-3-23-11-13-24(14-12-23)18(25)17-9-10-20-19(21-17)22(2)15-16-7-5-4-6-8-16/h4-10H,3,11-15H2,1-2H3. The lowest BCUT2D eigenvalue weighted by Gasteiger charge is -2.33. The van der Waals surface area contributed by atoms with E-state index in [0.29, 0.717) is 18.2 Å². The summed E-state index contributed by atoms with van der Waals surface area (Å²) < 4.78 is 0. The van der Waals surface area contributed by atoms with Crippen LogP contribution in [0.2, 0.25) is 0 Å². The van der Waals surface area contributed by atoms with Gasteiger partial charge >= 0.3 is 0 Å². The maximum Gasteiger partial charge on any atom is 0.272 e. The summed E-state index contributed by atoms with van der Waals surface area (Å²) in [4.78, 5) is 27.7. The number of carbonyl (C=O) groups is 1. The first kappa shape index (κ1) is 17.4. The second-order valence-electron chi connectivity index (χ2n) is 6.31. The van der Waals surface area contributed by atoms with Crippen molar-refractivity contribution in [2.75, 3.05) is 44.7 Å². The minimum atomic E-state index is -0.00693. The van der Waals surface area contributed by atoms with Crippen LogP contribution in [0.5, 0.6) is 0 Å². The van der Waals surface area contributed by atoms with E-state index in [1.54, 1.807) is 12.3 Å². The molecule has 1 fully saturated rings. The smallest absolute Gasteiger partial charge is 0.272 e. The van der Waals surface area contributed by atoms with Crippen molar-refractivity contribution in [1.82, 2.24) is 19.8 Å². The summed E-state index contributed by atoms with van der Waals surface area (Å²) in [7, 11) is 1.94. The first-order valence-corrected chi connectivity index (χ1v) is 8.77. The summed E-state index contributed by atoms with van der Waals surface area (Å²) in [5.41, 5.74) is 1.65. The Bertz CT molecular complexity index is 698. The van der Waals surface area contributed by atoms with Gasteiger partial charge in [0, 0.05) is 46.0 Å². The van der Waals surface area contributed by atoms with Gasteiger partial charge < -0.3 is 14.7 Å². The molecule has 25 heavy (non-hydrogen) atoms. The zero-order valence-corrected chi connectivity index (χ0v) is 14.9. The van der Waals surface area contributed by atoms with Crippen molar-refractivity contribution < 1.29 is 4.79 Å². The van der Waals surface area contributed by atoms with Gasteiger partial charge in [-0.15, -0.1) is 0 Å². The summed E-state index contributed by atoms with van der Waals surface area (Å²) in [6, 6.07) is 11.9. The number of amides is 1. The van der Waals surface area contributed by atoms with Crippen LogP contribution in [-0.2, 0) is 6.54 Å². The Morgan fingerprint density at radius 1 is 1.12 bits per heavy atom. The zero-order chi connectivity index (χ0) is 17.6. The van der Waals surface area contributed by atoms with Crippen LogP contribution in [0.1, 0.15) is 23.0 Å². The lowest BCUT2D eigenvalue weighted by Crippen LogP contribution is -2.48. The van der Waals surface area contributed by atoms with Crippen LogP contribution in [0.25, 0.3) is 0 Å². The second-order valence-corrected chi connectivity index (χ2v) is 6.31. The van der Waals surface area contributed by atoms with Crippen molar-refractivity contribution in [3.8, 4) is 0 Å². The Kier molecular flexibility index (Phi) is 5.60. The number of likely N-dealkylation sites (N-methyl/N-ethyl adjacent to an activating group) is 1. The molecule has 132 valence electrons. The van der Waals surface area contributed by atoms with E-state index >= 15 is 0 Å². The first-order chi connectivity index (χ1) is 12.2. The average molecular weight is 339 g/mol. The van der Waals surface area contributed by atoms with Crippen molar-refractivity contribution in [2.24, 2.45) is 0 Å². The molecule has 0 unspecified atom stereocenters. The van der Waals surface area contributed by atoms with Crippen molar-refractivity contribution in [1.29, 1.82) is 0 Å². The summed E-state index contributed by atoms with van der Waals surface area (Å²) in [5, 5.41) is 0. The number of hydrogen-bond acceptors (Lipinski definition) is 5. The molecular weight excluding hydrogens is 314 g/mol. The highest BCUT2D eigenvalue weighted by molar-refractivity contribution is 5.92. The molecule has 0 radical (unpaired) electrons. The number of carbonyl (C=O) groups excluding carboxylic acids is 1. The molecule has 3 rings (SSSR count). The van der Waals surface area contributed by atoms with Gasteiger partial charge in [-0.2, -0.15) is 0 Å². The highest BCUT2D eigenvalue weighted by atomic mass is 16.2. The number of hydrogen-bond donors (Lipinski definition) is 0. The molecule has 0 spiro atoms. The van der Waals surface area contributed by atoms with Crippen molar-refractivity contribution in [3.63, 3.8) is 0 Å². The Labute approximate surface area is 149 Å². The largest absolute Gasteiger partial charge is 0.340 e. The molecular formula is C19H25N5O. The van der Waals surface area contributed by atoms with Gasteiger partial charge in [0.1, 0.15) is 5.69 Å². The Balaban J connectivity index is 1.67. The van der Waals surface area contributed by atoms with Crippen LogP contribution >= 0.6 is 0 Å². The van der Waals surface area contributed by atoms with Crippen LogP contribution in [0, 0.1) is 0 Å². The molecule has 6 heteroatoms. The average Bonchev–Trinajstić information content (AvgIpc) is 2.68. The predicted molar refractivity (Wildman–Crippen MR) is 98.6 cm³/mol. The maximum absolute atomic E-state index is 12.7. The van der Waals surface area contributed by atoms with E-state index in [1.807, 2.05) is 35.0 Å². The van der Waals surface area contributed by atoms with E-state index in [2.05, 4.69) is 33.9 Å². The third-order valence-corrected chi connectivity index (χ3v) is 4.57. The summed E-state index contributed by atoms with van der Waals surface area (Å²) >= 11 is 0. The van der Waals surface area contributed by atoms with Crippen LogP contribution in [0.4, 0.5) is 5.95 Å². The van der Waals surface area contributed by atoms with Gasteiger partial charge in [-0.1, -0.05) is 37.3 Å². The van der Waals surface area contributed by atoms with Gasteiger partial charge in [-0.05, 0) is 18.2 Å². The number of piperazine rings is 1. The zero-order valence-electron chi connectivity index (χ0n) is 14.9. The normalized spacial score (nSPS) is 15.2. The molecule has 0 atom stereocenters. The molecule has 1 aromatic carbocycles. The van der Waals surface area contributed by atoms with Gasteiger partial charge in [0.15, 0.2) is 0 Å². The number of aromatic nitrogens is 2. The molecule has 1 saturated heterocycles. The van der Waals surface area contributed by atoms with Crippen LogP contribution < -0.4 is 4.90 Å². The van der Waals surface area contributed by atoms with Crippen molar-refractivity contribution in [2.45, 2.75) is 13.5 Å². The lowest BCUT2D eigenvalue weighted by atomic mass is 10.2. The van der Waals surface area contributed by atoms with E-state index in [1.165, 1.54) is 5.56 Å². The third kappa shape index (κ3) is 4.33. The minimum Gasteiger partial charge on any atom is -0.340 e. The van der Waals surface area contributed by atoms with Crippen molar-refractivity contribution in [3.05, 3.63) is 53.9 Å². The predicted octanol–water partition coefficient (Wildman–Crippen LogP) is 1.89. The monoisotopic (exact) mass is 339 g/mol. The Morgan fingerprint density at radius 3 is 2.52 bits per heavy atom. The molecule has 6 nitrogen and oxygen atoms in total. The van der Waals surface area contributed by atoms with Gasteiger partial charge in [0.2, 0.25) is 5.95 Å². The first-order valence-electron chi connectivity index (χ1n) is 8.77. The minimum absolute atomic E-state index is 0.00693. The van der Waals surface area contributed by atoms with E-state index in [-0.39, 0.29) is 5.91 Å². The van der Waals surface area contributed by atoms with E-state index in [4.69, 9.17) is 0 Å².